The van der Waals surface area contributed by atoms with E-state index in [-0.39, 0.29) is 0 Å². The molecule has 0 bridgehead atoms. The van der Waals surface area contributed by atoms with E-state index in [1.54, 1.807) is 0 Å². The molecule has 7 aromatic rings. The van der Waals surface area contributed by atoms with Gasteiger partial charge in [-0.3, -0.25) is 0 Å². The maximum Gasteiger partial charge on any atom is 0.144 e. The van der Waals surface area contributed by atoms with Crippen LogP contribution in [-0.2, 0) is 12.8 Å². The summed E-state index contributed by atoms with van der Waals surface area (Å²) in [4.78, 5) is 0. The number of nitrogens with zero attached hydrogens (tertiary/aromatic N) is 2. The molecule has 0 unspecified atom stereocenters. The van der Waals surface area contributed by atoms with Crippen molar-refractivity contribution in [1.82, 2.24) is 9.13 Å². The molecule has 0 saturated heterocycles. The number of fused-ring (bicyclic) bond motifs is 10. The number of aromatic nitrogens is 2. The van der Waals surface area contributed by atoms with Crippen LogP contribution in [0.4, 0.5) is 0 Å². The van der Waals surface area contributed by atoms with Crippen molar-refractivity contribution in [3.05, 3.63) is 119 Å². The first-order valence-electron chi connectivity index (χ1n) is 16.6. The molecule has 0 saturated carbocycles. The van der Waals surface area contributed by atoms with Crippen LogP contribution in [0.5, 0.6) is 0 Å². The van der Waals surface area contributed by atoms with Crippen LogP contribution >= 0.6 is 0 Å². The number of furan rings is 1. The first-order chi connectivity index (χ1) is 22.0. The first-order valence-corrected chi connectivity index (χ1v) is 16.6. The number of rotatable bonds is 4. The summed E-state index contributed by atoms with van der Waals surface area (Å²) in [5.74, 6) is 1.95. The van der Waals surface area contributed by atoms with Crippen molar-refractivity contribution in [2.45, 2.75) is 65.2 Å². The zero-order valence-electron chi connectivity index (χ0n) is 26.5. The minimum absolute atomic E-state index is 0.420. The largest absolute Gasteiger partial charge is 0.460 e. The van der Waals surface area contributed by atoms with Gasteiger partial charge in [0, 0.05) is 44.9 Å². The fourth-order valence-corrected chi connectivity index (χ4v) is 8.18. The van der Waals surface area contributed by atoms with E-state index in [0.29, 0.717) is 11.8 Å². The molecule has 0 aliphatic heterocycles. The second kappa shape index (κ2) is 9.87. The van der Waals surface area contributed by atoms with Crippen molar-refractivity contribution < 1.29 is 4.42 Å². The lowest BCUT2D eigenvalue weighted by molar-refractivity contribution is 0.548. The first kappa shape index (κ1) is 26.6. The molecule has 9 rings (SSSR count). The van der Waals surface area contributed by atoms with E-state index in [9.17, 15) is 0 Å². The third-order valence-electron chi connectivity index (χ3n) is 10.2. The van der Waals surface area contributed by atoms with Crippen molar-refractivity contribution in [3.63, 3.8) is 0 Å². The molecule has 45 heavy (non-hydrogen) atoms. The van der Waals surface area contributed by atoms with Crippen LogP contribution in [0.1, 0.15) is 86.1 Å². The third-order valence-corrected chi connectivity index (χ3v) is 10.2. The standard InChI is InChI=1S/C42H38N2O/c1-25(2)28-15-11-16-29(26(3)4)41(28)44-37-19-10-7-14-33(37)40-38(44)22-21-32-34-24-27(20-23-39(34)45-42(32)40)43-35-17-8-5-12-30(35)31-13-6-9-18-36(31)43/h5-6,8-13,15-19,21-22,24-26H,7,14,20,23H2,1-4H3. The minimum Gasteiger partial charge on any atom is -0.460 e. The van der Waals surface area contributed by atoms with Crippen LogP contribution in [0.3, 0.4) is 0 Å². The number of hydrogen-bond donors (Lipinski definition) is 0. The molecule has 0 atom stereocenters. The molecular formula is C42H38N2O. The molecule has 3 aromatic heterocycles. The lowest BCUT2D eigenvalue weighted by Crippen LogP contribution is -2.09. The Bertz CT molecular complexity index is 2300. The monoisotopic (exact) mass is 586 g/mol. The van der Waals surface area contributed by atoms with Crippen LogP contribution in [-0.4, -0.2) is 9.13 Å². The van der Waals surface area contributed by atoms with Gasteiger partial charge in [-0.1, -0.05) is 88.4 Å². The van der Waals surface area contributed by atoms with Gasteiger partial charge in [-0.25, -0.2) is 0 Å². The lowest BCUT2D eigenvalue weighted by atomic mass is 9.92. The summed E-state index contributed by atoms with van der Waals surface area (Å²) in [5, 5.41) is 5.14. The Labute approximate surface area is 264 Å². The van der Waals surface area contributed by atoms with Crippen molar-refractivity contribution in [2.24, 2.45) is 0 Å². The summed E-state index contributed by atoms with van der Waals surface area (Å²) >= 11 is 0. The van der Waals surface area contributed by atoms with E-state index >= 15 is 0 Å². The van der Waals surface area contributed by atoms with Gasteiger partial charge in [0.1, 0.15) is 11.3 Å². The van der Waals surface area contributed by atoms with Gasteiger partial charge in [0.25, 0.3) is 0 Å². The molecule has 2 aliphatic rings. The molecule has 3 heterocycles. The van der Waals surface area contributed by atoms with Crippen LogP contribution < -0.4 is 0 Å². The summed E-state index contributed by atoms with van der Waals surface area (Å²) in [6, 6.07) is 29.2. The van der Waals surface area contributed by atoms with Gasteiger partial charge in [0.15, 0.2) is 0 Å². The average molecular weight is 587 g/mol. The Morgan fingerprint density at radius 2 is 1.33 bits per heavy atom. The van der Waals surface area contributed by atoms with Gasteiger partial charge in [-0.15, -0.1) is 0 Å². The Kier molecular flexibility index (Phi) is 5.84. The predicted octanol–water partition coefficient (Wildman–Crippen LogP) is 11.6. The van der Waals surface area contributed by atoms with E-state index < -0.39 is 0 Å². The number of aryl methyl sites for hydroxylation is 2. The smallest absolute Gasteiger partial charge is 0.144 e. The van der Waals surface area contributed by atoms with E-state index in [0.717, 1.165) is 37.0 Å². The molecule has 0 fully saturated rings. The summed E-state index contributed by atoms with van der Waals surface area (Å²) in [5.41, 5.74) is 14.3. The molecule has 0 spiro atoms. The summed E-state index contributed by atoms with van der Waals surface area (Å²) in [7, 11) is 0. The van der Waals surface area contributed by atoms with Crippen molar-refractivity contribution in [3.8, 4) is 5.69 Å². The van der Waals surface area contributed by atoms with Crippen LogP contribution in [0.2, 0.25) is 0 Å². The third kappa shape index (κ3) is 3.76. The maximum absolute atomic E-state index is 6.92. The zero-order valence-corrected chi connectivity index (χ0v) is 26.5. The number of allylic oxidation sites excluding steroid dienone is 2. The SMILES string of the molecule is CC(C)c1cccc(C(C)C)c1-n1c2c(c3c4oc5c(c4ccc31)C=C(n1c3ccccc3c3ccccc31)CC5)CCC=C2. The second-order valence-electron chi connectivity index (χ2n) is 13.5. The predicted molar refractivity (Wildman–Crippen MR) is 191 cm³/mol. The fourth-order valence-electron chi connectivity index (χ4n) is 8.18. The number of benzene rings is 4. The van der Waals surface area contributed by atoms with E-state index in [2.05, 4.69) is 134 Å². The van der Waals surface area contributed by atoms with Crippen LogP contribution in [0, 0.1) is 0 Å². The molecule has 0 radical (unpaired) electrons. The summed E-state index contributed by atoms with van der Waals surface area (Å²) < 4.78 is 12.0. The fraction of sp³-hybridized carbons (Fsp3) is 0.238. The Balaban J connectivity index is 1.31. The Hall–Kier alpha value is -4.76. The van der Waals surface area contributed by atoms with Gasteiger partial charge in [0.05, 0.1) is 22.2 Å². The number of para-hydroxylation sites is 3. The normalized spacial score (nSPS) is 14.8. The summed E-state index contributed by atoms with van der Waals surface area (Å²) in [6.45, 7) is 9.27. The average Bonchev–Trinajstić information content (AvgIpc) is 3.71. The van der Waals surface area contributed by atoms with Crippen molar-refractivity contribution in [1.29, 1.82) is 0 Å². The van der Waals surface area contributed by atoms with Crippen LogP contribution in [0.15, 0.2) is 89.4 Å². The molecule has 2 aliphatic carbocycles. The quantitative estimate of drug-likeness (QED) is 0.201. The second-order valence-corrected chi connectivity index (χ2v) is 13.5. The number of hydrogen-bond acceptors (Lipinski definition) is 1. The highest BCUT2D eigenvalue weighted by molar-refractivity contribution is 6.13. The molecule has 3 heteroatoms. The van der Waals surface area contributed by atoms with Gasteiger partial charge in [-0.05, 0) is 84.2 Å². The highest BCUT2D eigenvalue weighted by Crippen LogP contribution is 2.45. The maximum atomic E-state index is 6.92. The van der Waals surface area contributed by atoms with Crippen molar-refractivity contribution >= 4 is 61.5 Å². The lowest BCUT2D eigenvalue weighted by Gasteiger charge is -2.23. The van der Waals surface area contributed by atoms with E-state index in [1.165, 1.54) is 77.4 Å². The molecule has 0 amide bonds. The minimum atomic E-state index is 0.420. The highest BCUT2D eigenvalue weighted by Gasteiger charge is 2.28. The van der Waals surface area contributed by atoms with Crippen molar-refractivity contribution in [2.75, 3.05) is 0 Å². The molecular weight excluding hydrogens is 548 g/mol. The molecule has 222 valence electrons. The zero-order chi connectivity index (χ0) is 30.4. The Morgan fingerprint density at radius 3 is 2.02 bits per heavy atom. The van der Waals surface area contributed by atoms with Gasteiger partial charge < -0.3 is 13.6 Å². The highest BCUT2D eigenvalue weighted by atomic mass is 16.3. The molecule has 4 aromatic carbocycles. The van der Waals surface area contributed by atoms with E-state index in [4.69, 9.17) is 4.42 Å². The Morgan fingerprint density at radius 1 is 0.644 bits per heavy atom. The van der Waals surface area contributed by atoms with Gasteiger partial charge in [-0.2, -0.15) is 0 Å². The summed E-state index contributed by atoms with van der Waals surface area (Å²) in [6.07, 6.45) is 11.0. The van der Waals surface area contributed by atoms with Gasteiger partial charge in [0.2, 0.25) is 0 Å². The molecule has 3 nitrogen and oxygen atoms in total. The van der Waals surface area contributed by atoms with Gasteiger partial charge >= 0.3 is 0 Å². The molecule has 0 N–H and O–H groups in total. The topological polar surface area (TPSA) is 23.0 Å². The van der Waals surface area contributed by atoms with E-state index in [1.807, 2.05) is 0 Å². The van der Waals surface area contributed by atoms with Crippen LogP contribution in [0.25, 0.3) is 67.2 Å².